The number of likely N-dealkylation sites (tertiary alicyclic amines) is 1. The zero-order valence-electron chi connectivity index (χ0n) is 19.5. The van der Waals surface area contributed by atoms with Gasteiger partial charge in [-0.2, -0.15) is 0 Å². The van der Waals surface area contributed by atoms with Crippen molar-refractivity contribution in [2.24, 2.45) is 0 Å². The fraction of sp³-hybridized carbons (Fsp3) is 0.259. The molecule has 1 aliphatic rings. The Morgan fingerprint density at radius 2 is 1.78 bits per heavy atom. The molecule has 1 saturated heterocycles. The number of carbonyl (C=O) groups excluding carboxylic acids is 1. The molecule has 9 heteroatoms. The zero-order valence-corrected chi connectivity index (χ0v) is 20.3. The van der Waals surface area contributed by atoms with E-state index >= 15 is 0 Å². The van der Waals surface area contributed by atoms with Crippen LogP contribution in [-0.2, 0) is 11.4 Å². The second-order valence-electron chi connectivity index (χ2n) is 8.46. The molecular formula is C27H25F2NO5S. The number of carboxylic acids is 1. The highest BCUT2D eigenvalue weighted by molar-refractivity contribution is 7.98. The van der Waals surface area contributed by atoms with Gasteiger partial charge in [-0.05, 0) is 72.2 Å². The van der Waals surface area contributed by atoms with Crippen LogP contribution in [0.2, 0.25) is 0 Å². The van der Waals surface area contributed by atoms with Gasteiger partial charge >= 0.3 is 5.97 Å². The summed E-state index contributed by atoms with van der Waals surface area (Å²) in [6.07, 6.45) is 2.52. The van der Waals surface area contributed by atoms with Crippen LogP contribution in [-0.4, -0.2) is 51.9 Å². The summed E-state index contributed by atoms with van der Waals surface area (Å²) < 4.78 is 33.2. The minimum Gasteiger partial charge on any atom is -0.489 e. The van der Waals surface area contributed by atoms with Crippen molar-refractivity contribution in [2.75, 3.05) is 12.9 Å². The normalized spacial score (nSPS) is 17.3. The molecule has 1 aliphatic heterocycles. The van der Waals surface area contributed by atoms with E-state index in [1.807, 2.05) is 0 Å². The van der Waals surface area contributed by atoms with Crippen LogP contribution in [0.1, 0.15) is 28.8 Å². The van der Waals surface area contributed by atoms with Crippen LogP contribution in [0.25, 0.3) is 11.1 Å². The lowest BCUT2D eigenvalue weighted by Gasteiger charge is -2.27. The molecule has 1 heterocycles. The van der Waals surface area contributed by atoms with E-state index in [0.29, 0.717) is 40.2 Å². The van der Waals surface area contributed by atoms with E-state index in [2.05, 4.69) is 0 Å². The number of carboxylic acid groups (broad SMARTS) is 1. The minimum absolute atomic E-state index is 0.160. The first kappa shape index (κ1) is 25.7. The molecular weight excluding hydrogens is 488 g/mol. The number of aliphatic hydroxyl groups is 1. The molecule has 0 saturated carbocycles. The zero-order chi connectivity index (χ0) is 25.8. The molecule has 2 atom stereocenters. The van der Waals surface area contributed by atoms with Crippen LogP contribution < -0.4 is 4.74 Å². The average molecular weight is 514 g/mol. The summed E-state index contributed by atoms with van der Waals surface area (Å²) in [5, 5.41) is 19.1. The molecule has 4 rings (SSSR count). The van der Waals surface area contributed by atoms with Crippen molar-refractivity contribution in [2.45, 2.75) is 36.4 Å². The maximum Gasteiger partial charge on any atom is 0.326 e. The van der Waals surface area contributed by atoms with Crippen LogP contribution in [0, 0.1) is 11.6 Å². The highest BCUT2D eigenvalue weighted by Crippen LogP contribution is 2.33. The molecule has 0 spiro atoms. The smallest absolute Gasteiger partial charge is 0.326 e. The Hall–Kier alpha value is -3.43. The van der Waals surface area contributed by atoms with Crippen molar-refractivity contribution in [1.29, 1.82) is 0 Å². The molecule has 0 bridgehead atoms. The number of benzene rings is 3. The summed E-state index contributed by atoms with van der Waals surface area (Å²) in [6.45, 7) is -0.134. The molecule has 2 N–H and O–H groups in total. The Morgan fingerprint density at radius 3 is 2.44 bits per heavy atom. The third kappa shape index (κ3) is 5.37. The second-order valence-corrected chi connectivity index (χ2v) is 9.31. The molecule has 0 aliphatic carbocycles. The molecule has 0 aromatic heterocycles. The van der Waals surface area contributed by atoms with Crippen molar-refractivity contribution in [3.05, 3.63) is 83.4 Å². The van der Waals surface area contributed by atoms with Crippen molar-refractivity contribution in [3.63, 3.8) is 0 Å². The van der Waals surface area contributed by atoms with Gasteiger partial charge in [0.2, 0.25) is 0 Å². The van der Waals surface area contributed by atoms with Crippen LogP contribution in [0.4, 0.5) is 8.78 Å². The molecule has 36 heavy (non-hydrogen) atoms. The quantitative estimate of drug-likeness (QED) is 0.413. The largest absolute Gasteiger partial charge is 0.489 e. The molecule has 188 valence electrons. The van der Waals surface area contributed by atoms with Gasteiger partial charge in [0.25, 0.3) is 5.91 Å². The third-order valence-corrected chi connectivity index (χ3v) is 7.00. The fourth-order valence-corrected chi connectivity index (χ4v) is 4.99. The maximum atomic E-state index is 13.8. The summed E-state index contributed by atoms with van der Waals surface area (Å²) in [5.41, 5.74) is 2.33. The number of amides is 1. The van der Waals surface area contributed by atoms with E-state index in [4.69, 9.17) is 4.74 Å². The predicted octanol–water partition coefficient (Wildman–Crippen LogP) is 4.98. The van der Waals surface area contributed by atoms with Crippen molar-refractivity contribution in [3.8, 4) is 16.9 Å². The highest BCUT2D eigenvalue weighted by Gasteiger charge is 2.40. The van der Waals surface area contributed by atoms with Gasteiger partial charge in [0.15, 0.2) is 11.6 Å². The Balaban J connectivity index is 1.46. The van der Waals surface area contributed by atoms with Crippen LogP contribution in [0.15, 0.2) is 65.6 Å². The SMILES string of the molecule is CSc1cc(F)c(F)cc1-c1ccc(OCc2cccc(C(=O)N3[C@@H](CO)CC[C@H]3C(=O)O)c2)cc1. The fourth-order valence-electron chi connectivity index (χ4n) is 4.38. The molecule has 1 amide bonds. The molecule has 6 nitrogen and oxygen atoms in total. The van der Waals surface area contributed by atoms with E-state index in [1.165, 1.54) is 28.8 Å². The summed E-state index contributed by atoms with van der Waals surface area (Å²) in [6, 6.07) is 14.6. The van der Waals surface area contributed by atoms with Crippen molar-refractivity contribution >= 4 is 23.6 Å². The molecule has 3 aromatic carbocycles. The van der Waals surface area contributed by atoms with Crippen LogP contribution >= 0.6 is 11.8 Å². The highest BCUT2D eigenvalue weighted by atomic mass is 32.2. The van der Waals surface area contributed by atoms with Crippen molar-refractivity contribution in [1.82, 2.24) is 4.90 Å². The Morgan fingerprint density at radius 1 is 1.06 bits per heavy atom. The van der Waals surface area contributed by atoms with Gasteiger partial charge < -0.3 is 19.8 Å². The topological polar surface area (TPSA) is 87.1 Å². The number of hydrogen-bond donors (Lipinski definition) is 2. The first-order valence-corrected chi connectivity index (χ1v) is 12.6. The maximum absolute atomic E-state index is 13.8. The van der Waals surface area contributed by atoms with E-state index in [9.17, 15) is 28.6 Å². The van der Waals surface area contributed by atoms with Crippen LogP contribution in [0.3, 0.4) is 0 Å². The first-order valence-electron chi connectivity index (χ1n) is 11.3. The molecule has 1 fully saturated rings. The van der Waals surface area contributed by atoms with Gasteiger partial charge in [0.1, 0.15) is 18.4 Å². The molecule has 3 aromatic rings. The first-order chi connectivity index (χ1) is 17.3. The minimum atomic E-state index is -1.09. The number of hydrogen-bond acceptors (Lipinski definition) is 5. The number of carbonyl (C=O) groups is 2. The van der Waals surface area contributed by atoms with E-state index in [0.717, 1.165) is 5.56 Å². The summed E-state index contributed by atoms with van der Waals surface area (Å²) in [7, 11) is 0. The monoisotopic (exact) mass is 513 g/mol. The third-order valence-electron chi connectivity index (χ3n) is 6.22. The van der Waals surface area contributed by atoms with E-state index < -0.39 is 35.6 Å². The number of ether oxygens (including phenoxy) is 1. The lowest BCUT2D eigenvalue weighted by atomic mass is 10.1. The second kappa shape index (κ2) is 11.1. The lowest BCUT2D eigenvalue weighted by molar-refractivity contribution is -0.141. The Bertz CT molecular complexity index is 1270. The van der Waals surface area contributed by atoms with Gasteiger partial charge in [-0.15, -0.1) is 11.8 Å². The number of aliphatic hydroxyl groups excluding tert-OH is 1. The van der Waals surface area contributed by atoms with Crippen LogP contribution in [0.5, 0.6) is 5.75 Å². The number of thioether (sulfide) groups is 1. The van der Waals surface area contributed by atoms with Gasteiger partial charge in [0.05, 0.1) is 12.6 Å². The Kier molecular flexibility index (Phi) is 7.91. The number of nitrogens with zero attached hydrogens (tertiary/aromatic N) is 1. The predicted molar refractivity (Wildman–Crippen MR) is 132 cm³/mol. The van der Waals surface area contributed by atoms with Crippen molar-refractivity contribution < 1.29 is 33.3 Å². The molecule has 0 radical (unpaired) electrons. The van der Waals surface area contributed by atoms with Gasteiger partial charge in [-0.1, -0.05) is 24.3 Å². The summed E-state index contributed by atoms with van der Waals surface area (Å²) in [4.78, 5) is 26.5. The van der Waals surface area contributed by atoms with Gasteiger partial charge in [-0.25, -0.2) is 13.6 Å². The van der Waals surface area contributed by atoms with Gasteiger partial charge in [-0.3, -0.25) is 4.79 Å². The number of rotatable bonds is 8. The average Bonchev–Trinajstić information content (AvgIpc) is 3.33. The number of halogens is 2. The lowest BCUT2D eigenvalue weighted by Crippen LogP contribution is -2.46. The van der Waals surface area contributed by atoms with Gasteiger partial charge in [0, 0.05) is 10.5 Å². The standard InChI is InChI=1S/C27H25F2NO5S/c1-36-25-13-23(29)22(28)12-21(25)17-5-8-20(9-6-17)35-15-16-3-2-4-18(11-16)26(32)30-19(14-31)7-10-24(30)27(33)34/h2-6,8-9,11-13,19,24,31H,7,10,14-15H2,1H3,(H,33,34)/t19-,24+/m1/s1. The van der Waals surface area contributed by atoms with E-state index in [1.54, 1.807) is 54.8 Å². The molecule has 0 unspecified atom stereocenters. The van der Waals surface area contributed by atoms with E-state index in [-0.39, 0.29) is 13.2 Å². The summed E-state index contributed by atoms with van der Waals surface area (Å²) >= 11 is 1.33. The number of aliphatic carboxylic acids is 1. The summed E-state index contributed by atoms with van der Waals surface area (Å²) in [5.74, 6) is -2.78. The Labute approximate surface area is 211 Å².